The number of quaternary nitrogens is 1. The van der Waals surface area contributed by atoms with E-state index >= 15 is 0 Å². The standard InChI is InChI=1S/C12H20N4O3S2/c1-3-5-7-21(19)12-14-13-11(20-12)16(18)9-15(6-4-2)8-10(16)17/h4,10,17H,2-3,5-9H2,1H3. The van der Waals surface area contributed by atoms with Gasteiger partial charge in [-0.3, -0.25) is 8.86 Å². The molecule has 0 radical (unpaired) electrons. The van der Waals surface area contributed by atoms with Gasteiger partial charge in [-0.25, -0.2) is 4.90 Å². The number of hydrogen-bond donors (Lipinski definition) is 1. The van der Waals surface area contributed by atoms with Crippen LogP contribution in [0.25, 0.3) is 0 Å². The number of aromatic nitrogens is 2. The zero-order valence-corrected chi connectivity index (χ0v) is 13.6. The van der Waals surface area contributed by atoms with Crippen LogP contribution in [0.3, 0.4) is 0 Å². The van der Waals surface area contributed by atoms with Gasteiger partial charge < -0.3 is 10.3 Å². The fourth-order valence-corrected chi connectivity index (χ4v) is 4.48. The normalized spacial score (nSPS) is 27.9. The molecule has 0 aromatic carbocycles. The van der Waals surface area contributed by atoms with Crippen molar-refractivity contribution in [2.75, 3.05) is 25.5 Å². The van der Waals surface area contributed by atoms with E-state index in [4.69, 9.17) is 0 Å². The second-order valence-corrected chi connectivity index (χ2v) is 7.70. The SMILES string of the molecule is C=CCN1CC(O)[N+]([O-])(c2nnc(S(=O)CCCC)s2)C1. The molecule has 0 saturated carbocycles. The molecular formula is C12H20N4O3S2. The molecule has 1 aromatic heterocycles. The highest BCUT2D eigenvalue weighted by Crippen LogP contribution is 2.33. The predicted octanol–water partition coefficient (Wildman–Crippen LogP) is 1.03. The van der Waals surface area contributed by atoms with Gasteiger partial charge in [-0.15, -0.1) is 11.7 Å². The van der Waals surface area contributed by atoms with Crippen LogP contribution < -0.4 is 4.65 Å². The van der Waals surface area contributed by atoms with Gasteiger partial charge in [0.05, 0.1) is 17.3 Å². The third-order valence-corrected chi connectivity index (χ3v) is 6.07. The van der Waals surface area contributed by atoms with Crippen LogP contribution in [-0.4, -0.2) is 56.2 Å². The number of rotatable bonds is 7. The van der Waals surface area contributed by atoms with Crippen LogP contribution in [0.1, 0.15) is 19.8 Å². The lowest BCUT2D eigenvalue weighted by atomic mass is 10.4. The third kappa shape index (κ3) is 3.55. The lowest BCUT2D eigenvalue weighted by Gasteiger charge is -2.36. The number of hydrogen-bond acceptors (Lipinski definition) is 7. The molecule has 0 bridgehead atoms. The molecule has 0 aliphatic carbocycles. The molecule has 0 amide bonds. The molecule has 2 heterocycles. The average molecular weight is 332 g/mol. The molecular weight excluding hydrogens is 312 g/mol. The Balaban J connectivity index is 2.13. The van der Waals surface area contributed by atoms with Crippen molar-refractivity contribution in [1.82, 2.24) is 19.7 Å². The summed E-state index contributed by atoms with van der Waals surface area (Å²) >= 11 is 1.04. The maximum atomic E-state index is 12.8. The van der Waals surface area contributed by atoms with Gasteiger partial charge in [0.25, 0.3) is 0 Å². The molecule has 1 fully saturated rings. The Morgan fingerprint density at radius 1 is 1.67 bits per heavy atom. The monoisotopic (exact) mass is 332 g/mol. The van der Waals surface area contributed by atoms with Gasteiger partial charge in [-0.05, 0) is 17.8 Å². The van der Waals surface area contributed by atoms with Crippen molar-refractivity contribution in [1.29, 1.82) is 0 Å². The highest BCUT2D eigenvalue weighted by atomic mass is 32.2. The molecule has 3 unspecified atom stereocenters. The van der Waals surface area contributed by atoms with E-state index in [1.165, 1.54) is 0 Å². The van der Waals surface area contributed by atoms with Crippen LogP contribution in [0.2, 0.25) is 0 Å². The highest BCUT2D eigenvalue weighted by molar-refractivity contribution is 7.87. The molecule has 3 atom stereocenters. The van der Waals surface area contributed by atoms with Crippen molar-refractivity contribution >= 4 is 27.3 Å². The molecule has 1 saturated heterocycles. The Hall–Kier alpha value is -0.710. The van der Waals surface area contributed by atoms with Gasteiger partial charge in [-0.1, -0.05) is 24.5 Å². The fraction of sp³-hybridized carbons (Fsp3) is 0.667. The number of β-amino-alcohol motifs (C(OH)–C–C–N with tert-alkyl or cyclic N) is 1. The van der Waals surface area contributed by atoms with Crippen LogP contribution in [0.15, 0.2) is 17.0 Å². The van der Waals surface area contributed by atoms with Crippen LogP contribution in [0, 0.1) is 5.21 Å². The summed E-state index contributed by atoms with van der Waals surface area (Å²) in [5.74, 6) is 0.523. The molecule has 9 heteroatoms. The summed E-state index contributed by atoms with van der Waals surface area (Å²) in [4.78, 5) is 1.81. The van der Waals surface area contributed by atoms with Crippen LogP contribution in [0.5, 0.6) is 0 Å². The van der Waals surface area contributed by atoms with Crippen LogP contribution >= 0.6 is 11.3 Å². The van der Waals surface area contributed by atoms with E-state index in [1.807, 2.05) is 6.92 Å². The molecule has 2 rings (SSSR count). The maximum absolute atomic E-state index is 12.8. The number of unbranched alkanes of at least 4 members (excludes halogenated alkanes) is 1. The average Bonchev–Trinajstić information content (AvgIpc) is 3.04. The first-order valence-corrected chi connectivity index (χ1v) is 8.97. The summed E-state index contributed by atoms with van der Waals surface area (Å²) in [6.45, 7) is 6.55. The summed E-state index contributed by atoms with van der Waals surface area (Å²) < 4.78 is 11.4. The Morgan fingerprint density at radius 2 is 2.43 bits per heavy atom. The van der Waals surface area contributed by atoms with Gasteiger partial charge >= 0.3 is 5.13 Å². The summed E-state index contributed by atoms with van der Waals surface area (Å²) in [5, 5.41) is 30.7. The first-order chi connectivity index (χ1) is 10.0. The molecule has 1 N–H and O–H groups in total. The third-order valence-electron chi connectivity index (χ3n) is 3.30. The minimum Gasteiger partial charge on any atom is -0.623 e. The fourth-order valence-electron chi connectivity index (χ4n) is 2.12. The molecule has 1 aromatic rings. The minimum absolute atomic E-state index is 0.101. The van der Waals surface area contributed by atoms with E-state index in [0.29, 0.717) is 16.6 Å². The Labute approximate surface area is 130 Å². The van der Waals surface area contributed by atoms with Crippen molar-refractivity contribution in [3.8, 4) is 0 Å². The molecule has 1 aliphatic heterocycles. The second-order valence-electron chi connectivity index (χ2n) is 5.00. The quantitative estimate of drug-likeness (QED) is 0.456. The van der Waals surface area contributed by atoms with E-state index in [0.717, 1.165) is 24.2 Å². The second kappa shape index (κ2) is 7.03. The molecule has 1 aliphatic rings. The summed E-state index contributed by atoms with van der Waals surface area (Å²) in [7, 11) is -1.22. The lowest BCUT2D eigenvalue weighted by Crippen LogP contribution is -2.48. The van der Waals surface area contributed by atoms with Gasteiger partial charge in [-0.2, -0.15) is 0 Å². The zero-order chi connectivity index (χ0) is 15.5. The van der Waals surface area contributed by atoms with E-state index in [1.54, 1.807) is 11.0 Å². The molecule has 0 spiro atoms. The highest BCUT2D eigenvalue weighted by Gasteiger charge is 2.42. The largest absolute Gasteiger partial charge is 0.623 e. The van der Waals surface area contributed by atoms with Crippen molar-refractivity contribution in [2.45, 2.75) is 30.3 Å². The van der Waals surface area contributed by atoms with Crippen molar-refractivity contribution in [3.63, 3.8) is 0 Å². The minimum atomic E-state index is -1.22. The number of aliphatic hydroxyl groups is 1. The molecule has 118 valence electrons. The van der Waals surface area contributed by atoms with E-state index in [2.05, 4.69) is 16.8 Å². The Kier molecular flexibility index (Phi) is 5.58. The molecule has 21 heavy (non-hydrogen) atoms. The first-order valence-electron chi connectivity index (χ1n) is 6.83. The number of hydroxylamine groups is 2. The van der Waals surface area contributed by atoms with Crippen LogP contribution in [0.4, 0.5) is 5.13 Å². The van der Waals surface area contributed by atoms with Crippen molar-refractivity contribution in [3.05, 3.63) is 17.9 Å². The van der Waals surface area contributed by atoms with Gasteiger partial charge in [0.15, 0.2) is 0 Å². The Bertz CT molecular complexity index is 524. The van der Waals surface area contributed by atoms with Crippen molar-refractivity contribution in [2.24, 2.45) is 0 Å². The molecule has 7 nitrogen and oxygen atoms in total. The topological polar surface area (TPSA) is 89.4 Å². The lowest BCUT2D eigenvalue weighted by molar-refractivity contribution is 0.0844. The predicted molar refractivity (Wildman–Crippen MR) is 83.9 cm³/mol. The zero-order valence-electron chi connectivity index (χ0n) is 12.0. The van der Waals surface area contributed by atoms with Crippen molar-refractivity contribution < 1.29 is 9.32 Å². The first kappa shape index (κ1) is 16.7. The van der Waals surface area contributed by atoms with Crippen LogP contribution in [-0.2, 0) is 10.8 Å². The van der Waals surface area contributed by atoms with E-state index in [-0.39, 0.29) is 18.3 Å². The number of nitrogens with zero attached hydrogens (tertiary/aromatic N) is 4. The van der Waals surface area contributed by atoms with E-state index in [9.17, 15) is 14.5 Å². The summed E-state index contributed by atoms with van der Waals surface area (Å²) in [5.41, 5.74) is 0. The Morgan fingerprint density at radius 3 is 3.10 bits per heavy atom. The van der Waals surface area contributed by atoms with Gasteiger partial charge in [0, 0.05) is 12.3 Å². The smallest absolute Gasteiger partial charge is 0.310 e. The van der Waals surface area contributed by atoms with E-state index < -0.39 is 21.7 Å². The number of aliphatic hydroxyl groups excluding tert-OH is 1. The summed E-state index contributed by atoms with van der Waals surface area (Å²) in [6.07, 6.45) is 2.38. The van der Waals surface area contributed by atoms with Gasteiger partial charge in [0.2, 0.25) is 10.6 Å². The summed E-state index contributed by atoms with van der Waals surface area (Å²) in [6, 6.07) is 0. The van der Waals surface area contributed by atoms with Gasteiger partial charge in [0.1, 0.15) is 6.67 Å². The maximum Gasteiger partial charge on any atom is 0.310 e.